The van der Waals surface area contributed by atoms with Gasteiger partial charge in [-0.1, -0.05) is 35.3 Å². The summed E-state index contributed by atoms with van der Waals surface area (Å²) in [6, 6.07) is 9.13. The number of aromatic amines is 1. The van der Waals surface area contributed by atoms with Crippen molar-refractivity contribution < 1.29 is 4.74 Å². The smallest absolute Gasteiger partial charge is 0.278 e. The molecule has 0 saturated carbocycles. The third kappa shape index (κ3) is 4.79. The molecule has 0 spiro atoms. The van der Waals surface area contributed by atoms with Crippen LogP contribution in [-0.4, -0.2) is 31.3 Å². The second-order valence-corrected chi connectivity index (χ2v) is 7.35. The fourth-order valence-corrected chi connectivity index (χ4v) is 3.24. The van der Waals surface area contributed by atoms with E-state index in [2.05, 4.69) is 25.4 Å². The van der Waals surface area contributed by atoms with Crippen LogP contribution in [-0.2, 0) is 24.4 Å². The van der Waals surface area contributed by atoms with Gasteiger partial charge in [-0.2, -0.15) is 5.10 Å². The maximum atomic E-state index is 12.6. The first-order valence-corrected chi connectivity index (χ1v) is 9.96. The number of hydrogen-bond donors (Lipinski definition) is 2. The summed E-state index contributed by atoms with van der Waals surface area (Å²) in [6.07, 6.45) is 5.03. The normalized spacial score (nSPS) is 11.1. The molecule has 3 heterocycles. The number of nitrogens with one attached hydrogen (secondary N) is 2. The minimum atomic E-state index is -0.276. The molecule has 0 amide bonds. The van der Waals surface area contributed by atoms with Crippen molar-refractivity contribution in [1.29, 1.82) is 0 Å². The SMILES string of the molecule is O=c1[nH]c(NCc2ccc(Cl)c(Cl)c2)nc2cnn(CCOCc3cccnc3)c12. The number of nitrogens with zero attached hydrogens (tertiary/aromatic N) is 4. The molecule has 2 N–H and O–H groups in total. The monoisotopic (exact) mass is 444 g/mol. The number of pyridine rings is 1. The van der Waals surface area contributed by atoms with E-state index in [9.17, 15) is 4.79 Å². The molecule has 8 nitrogen and oxygen atoms in total. The van der Waals surface area contributed by atoms with Gasteiger partial charge in [0.1, 0.15) is 5.52 Å². The Morgan fingerprint density at radius 2 is 2.03 bits per heavy atom. The molecule has 0 saturated heterocycles. The molecule has 30 heavy (non-hydrogen) atoms. The fourth-order valence-electron chi connectivity index (χ4n) is 2.92. The van der Waals surface area contributed by atoms with Crippen LogP contribution in [0, 0.1) is 0 Å². The summed E-state index contributed by atoms with van der Waals surface area (Å²) >= 11 is 12.0. The first kappa shape index (κ1) is 20.3. The zero-order valence-electron chi connectivity index (χ0n) is 15.8. The Morgan fingerprint density at radius 3 is 2.83 bits per heavy atom. The van der Waals surface area contributed by atoms with E-state index in [1.165, 1.54) is 0 Å². The third-order valence-electron chi connectivity index (χ3n) is 4.38. The molecule has 10 heteroatoms. The zero-order chi connectivity index (χ0) is 20.9. The van der Waals surface area contributed by atoms with E-state index in [-0.39, 0.29) is 5.56 Å². The van der Waals surface area contributed by atoms with Crippen LogP contribution in [0.3, 0.4) is 0 Å². The van der Waals surface area contributed by atoms with Crippen molar-refractivity contribution in [2.75, 3.05) is 11.9 Å². The standard InChI is InChI=1S/C20H18Cl2N6O2/c21-15-4-3-13(8-16(15)22)10-24-20-26-17-11-25-28(18(17)19(29)27-20)6-7-30-12-14-2-1-5-23-9-14/h1-5,8-9,11H,6-7,10,12H2,(H2,24,26,27,29). The lowest BCUT2D eigenvalue weighted by atomic mass is 10.2. The van der Waals surface area contributed by atoms with Gasteiger partial charge in [0, 0.05) is 18.9 Å². The van der Waals surface area contributed by atoms with Crippen molar-refractivity contribution in [3.63, 3.8) is 0 Å². The number of benzene rings is 1. The molecule has 4 aromatic rings. The highest BCUT2D eigenvalue weighted by Crippen LogP contribution is 2.22. The maximum Gasteiger partial charge on any atom is 0.278 e. The van der Waals surface area contributed by atoms with Gasteiger partial charge in [0.15, 0.2) is 5.52 Å². The predicted octanol–water partition coefficient (Wildman–Crippen LogP) is 3.65. The van der Waals surface area contributed by atoms with Crippen LogP contribution < -0.4 is 10.9 Å². The summed E-state index contributed by atoms with van der Waals surface area (Å²) < 4.78 is 7.24. The minimum absolute atomic E-state index is 0.276. The second-order valence-electron chi connectivity index (χ2n) is 6.53. The van der Waals surface area contributed by atoms with Crippen LogP contribution in [0.4, 0.5) is 5.95 Å². The third-order valence-corrected chi connectivity index (χ3v) is 5.12. The molecule has 0 bridgehead atoms. The molecule has 3 aromatic heterocycles. The van der Waals surface area contributed by atoms with Gasteiger partial charge < -0.3 is 10.1 Å². The van der Waals surface area contributed by atoms with Gasteiger partial charge in [-0.3, -0.25) is 19.4 Å². The largest absolute Gasteiger partial charge is 0.375 e. The van der Waals surface area contributed by atoms with E-state index in [1.807, 2.05) is 18.2 Å². The van der Waals surface area contributed by atoms with Gasteiger partial charge in [-0.15, -0.1) is 0 Å². The summed E-state index contributed by atoms with van der Waals surface area (Å²) in [7, 11) is 0. The van der Waals surface area contributed by atoms with E-state index < -0.39 is 0 Å². The van der Waals surface area contributed by atoms with Crippen LogP contribution in [0.2, 0.25) is 10.0 Å². The lowest BCUT2D eigenvalue weighted by molar-refractivity contribution is 0.111. The molecule has 0 aliphatic carbocycles. The minimum Gasteiger partial charge on any atom is -0.375 e. The Hall–Kier alpha value is -2.94. The van der Waals surface area contributed by atoms with Crippen molar-refractivity contribution in [3.05, 3.63) is 80.4 Å². The first-order chi connectivity index (χ1) is 14.6. The van der Waals surface area contributed by atoms with Gasteiger partial charge >= 0.3 is 0 Å². The summed E-state index contributed by atoms with van der Waals surface area (Å²) in [5.41, 5.74) is 2.53. The van der Waals surface area contributed by atoms with Crippen LogP contribution in [0.5, 0.6) is 0 Å². The van der Waals surface area contributed by atoms with Crippen molar-refractivity contribution >= 4 is 40.2 Å². The molecular weight excluding hydrogens is 427 g/mol. The van der Waals surface area contributed by atoms with E-state index in [1.54, 1.807) is 35.4 Å². The molecule has 0 unspecified atom stereocenters. The van der Waals surface area contributed by atoms with E-state index in [0.29, 0.717) is 53.3 Å². The van der Waals surface area contributed by atoms with Crippen molar-refractivity contribution in [2.24, 2.45) is 0 Å². The summed E-state index contributed by atoms with van der Waals surface area (Å²) in [5.74, 6) is 0.353. The highest BCUT2D eigenvalue weighted by Gasteiger charge is 2.11. The summed E-state index contributed by atoms with van der Waals surface area (Å²) in [4.78, 5) is 23.8. The number of anilines is 1. The Balaban J connectivity index is 1.39. The van der Waals surface area contributed by atoms with E-state index in [0.717, 1.165) is 11.1 Å². The highest BCUT2D eigenvalue weighted by molar-refractivity contribution is 6.42. The Labute approximate surface area is 181 Å². The van der Waals surface area contributed by atoms with Gasteiger partial charge in [-0.25, -0.2) is 4.98 Å². The summed E-state index contributed by atoms with van der Waals surface area (Å²) in [6.45, 7) is 1.72. The zero-order valence-corrected chi connectivity index (χ0v) is 17.3. The number of ether oxygens (including phenoxy) is 1. The second kappa shape index (κ2) is 9.25. The average molecular weight is 445 g/mol. The molecule has 0 atom stereocenters. The number of H-pyrrole nitrogens is 1. The van der Waals surface area contributed by atoms with Crippen molar-refractivity contribution in [3.8, 4) is 0 Å². The van der Waals surface area contributed by atoms with Gasteiger partial charge in [0.2, 0.25) is 5.95 Å². The molecule has 0 aliphatic heterocycles. The Bertz CT molecular complexity index is 1210. The lowest BCUT2D eigenvalue weighted by Crippen LogP contribution is -2.17. The molecule has 1 aromatic carbocycles. The van der Waals surface area contributed by atoms with Crippen molar-refractivity contribution in [2.45, 2.75) is 19.7 Å². The van der Waals surface area contributed by atoms with Gasteiger partial charge in [-0.05, 0) is 29.3 Å². The van der Waals surface area contributed by atoms with Crippen molar-refractivity contribution in [1.82, 2.24) is 24.7 Å². The molecular formula is C20H18Cl2N6O2. The first-order valence-electron chi connectivity index (χ1n) is 9.20. The van der Waals surface area contributed by atoms with E-state index >= 15 is 0 Å². The topological polar surface area (TPSA) is 97.7 Å². The van der Waals surface area contributed by atoms with Crippen LogP contribution >= 0.6 is 23.2 Å². The van der Waals surface area contributed by atoms with E-state index in [4.69, 9.17) is 27.9 Å². The molecule has 0 fully saturated rings. The maximum absolute atomic E-state index is 12.6. The highest BCUT2D eigenvalue weighted by atomic mass is 35.5. The quantitative estimate of drug-likeness (QED) is 0.402. The molecule has 0 aliphatic rings. The molecule has 0 radical (unpaired) electrons. The van der Waals surface area contributed by atoms with Crippen LogP contribution in [0.25, 0.3) is 11.0 Å². The molecule has 4 rings (SSSR count). The van der Waals surface area contributed by atoms with Gasteiger partial charge in [0.05, 0.1) is 36.0 Å². The van der Waals surface area contributed by atoms with Crippen LogP contribution in [0.15, 0.2) is 53.7 Å². The number of fused-ring (bicyclic) bond motifs is 1. The molecule has 154 valence electrons. The number of halogens is 2. The summed E-state index contributed by atoms with van der Waals surface area (Å²) in [5, 5.41) is 8.31. The number of hydrogen-bond acceptors (Lipinski definition) is 6. The lowest BCUT2D eigenvalue weighted by Gasteiger charge is -2.08. The predicted molar refractivity (Wildman–Crippen MR) is 116 cm³/mol. The number of rotatable bonds is 8. The average Bonchev–Trinajstić information content (AvgIpc) is 3.16. The Morgan fingerprint density at radius 1 is 1.13 bits per heavy atom. The van der Waals surface area contributed by atoms with Gasteiger partial charge in [0.25, 0.3) is 5.56 Å². The Kier molecular flexibility index (Phi) is 6.27. The number of aromatic nitrogens is 5. The fraction of sp³-hybridized carbons (Fsp3) is 0.200. The van der Waals surface area contributed by atoms with Crippen LogP contribution in [0.1, 0.15) is 11.1 Å².